The molecule has 108 valence electrons. The van der Waals surface area contributed by atoms with Gasteiger partial charge in [0, 0.05) is 11.9 Å². The SMILES string of the molecule is CCC1(Cn2c(CCl)nc3cnc4ccccc4c32)CC1. The molecule has 3 nitrogen and oxygen atoms in total. The van der Waals surface area contributed by atoms with Crippen LogP contribution in [0.4, 0.5) is 0 Å². The van der Waals surface area contributed by atoms with Gasteiger partial charge in [-0.3, -0.25) is 4.98 Å². The summed E-state index contributed by atoms with van der Waals surface area (Å²) in [6.45, 7) is 3.31. The fourth-order valence-corrected chi connectivity index (χ4v) is 3.42. The van der Waals surface area contributed by atoms with Crippen molar-refractivity contribution >= 4 is 33.5 Å². The van der Waals surface area contributed by atoms with Gasteiger partial charge in [0.1, 0.15) is 11.3 Å². The van der Waals surface area contributed by atoms with Crippen molar-refractivity contribution in [3.05, 3.63) is 36.3 Å². The van der Waals surface area contributed by atoms with Crippen LogP contribution in [0.2, 0.25) is 0 Å². The molecule has 1 aromatic carbocycles. The van der Waals surface area contributed by atoms with Crippen LogP contribution in [0.25, 0.3) is 21.9 Å². The maximum atomic E-state index is 6.14. The van der Waals surface area contributed by atoms with Gasteiger partial charge in [-0.25, -0.2) is 4.98 Å². The Morgan fingerprint density at radius 2 is 2.05 bits per heavy atom. The summed E-state index contributed by atoms with van der Waals surface area (Å²) in [7, 11) is 0. The Labute approximate surface area is 129 Å². The molecule has 4 heteroatoms. The Morgan fingerprint density at radius 3 is 2.76 bits per heavy atom. The van der Waals surface area contributed by atoms with Gasteiger partial charge in [0.2, 0.25) is 0 Å². The smallest absolute Gasteiger partial charge is 0.124 e. The number of fused-ring (bicyclic) bond motifs is 3. The second-order valence-corrected chi connectivity index (χ2v) is 6.38. The molecule has 1 fully saturated rings. The fraction of sp³-hybridized carbons (Fsp3) is 0.412. The van der Waals surface area contributed by atoms with Gasteiger partial charge in [0.25, 0.3) is 0 Å². The third-order valence-electron chi connectivity index (χ3n) is 4.88. The minimum Gasteiger partial charge on any atom is -0.326 e. The molecule has 3 aromatic rings. The first-order valence-corrected chi connectivity index (χ1v) is 8.09. The lowest BCUT2D eigenvalue weighted by Gasteiger charge is -2.16. The van der Waals surface area contributed by atoms with Crippen molar-refractivity contribution in [3.63, 3.8) is 0 Å². The summed E-state index contributed by atoms with van der Waals surface area (Å²) >= 11 is 6.14. The van der Waals surface area contributed by atoms with Gasteiger partial charge in [0.15, 0.2) is 0 Å². The first-order chi connectivity index (χ1) is 10.3. The number of para-hydroxylation sites is 1. The molecule has 0 amide bonds. The van der Waals surface area contributed by atoms with Crippen LogP contribution in [0.1, 0.15) is 32.0 Å². The number of benzene rings is 1. The molecule has 4 rings (SSSR count). The van der Waals surface area contributed by atoms with Crippen LogP contribution in [0.5, 0.6) is 0 Å². The number of pyridine rings is 1. The number of hydrogen-bond acceptors (Lipinski definition) is 2. The van der Waals surface area contributed by atoms with E-state index in [2.05, 4.69) is 34.7 Å². The quantitative estimate of drug-likeness (QED) is 0.663. The van der Waals surface area contributed by atoms with Crippen LogP contribution in [0.15, 0.2) is 30.5 Å². The second-order valence-electron chi connectivity index (χ2n) is 6.11. The van der Waals surface area contributed by atoms with Crippen LogP contribution >= 0.6 is 11.6 Å². The minimum atomic E-state index is 0.447. The first kappa shape index (κ1) is 13.1. The molecule has 0 saturated heterocycles. The zero-order chi connectivity index (χ0) is 14.4. The molecule has 0 unspecified atom stereocenters. The zero-order valence-electron chi connectivity index (χ0n) is 12.1. The second kappa shape index (κ2) is 4.70. The number of halogens is 1. The lowest BCUT2D eigenvalue weighted by atomic mass is 10.0. The van der Waals surface area contributed by atoms with Crippen molar-refractivity contribution in [2.45, 2.75) is 38.6 Å². The van der Waals surface area contributed by atoms with Crippen molar-refractivity contribution in [1.29, 1.82) is 0 Å². The van der Waals surface area contributed by atoms with Crippen molar-refractivity contribution < 1.29 is 0 Å². The normalized spacial score (nSPS) is 16.7. The van der Waals surface area contributed by atoms with E-state index < -0.39 is 0 Å². The largest absolute Gasteiger partial charge is 0.326 e. The van der Waals surface area contributed by atoms with Crippen LogP contribution in [-0.4, -0.2) is 14.5 Å². The third kappa shape index (κ3) is 2.03. The summed E-state index contributed by atoms with van der Waals surface area (Å²) in [6.07, 6.45) is 5.72. The molecule has 0 N–H and O–H groups in total. The number of hydrogen-bond donors (Lipinski definition) is 0. The van der Waals surface area contributed by atoms with E-state index in [1.807, 2.05) is 12.3 Å². The standard InChI is InChI=1S/C17H18ClN3/c1-2-17(7-8-17)11-21-15(9-18)20-14-10-19-13-6-4-3-5-12(13)16(14)21/h3-6,10H,2,7-9,11H2,1H3. The van der Waals surface area contributed by atoms with Crippen molar-refractivity contribution in [2.24, 2.45) is 5.41 Å². The number of imidazole rings is 1. The Hall–Kier alpha value is -1.61. The van der Waals surface area contributed by atoms with E-state index >= 15 is 0 Å². The molecule has 0 radical (unpaired) electrons. The van der Waals surface area contributed by atoms with Gasteiger partial charge in [-0.15, -0.1) is 11.6 Å². The summed E-state index contributed by atoms with van der Waals surface area (Å²) < 4.78 is 2.34. The molecule has 0 aliphatic heterocycles. The maximum absolute atomic E-state index is 6.14. The molecule has 0 bridgehead atoms. The Kier molecular flexibility index (Phi) is 2.93. The Morgan fingerprint density at radius 1 is 1.24 bits per heavy atom. The maximum Gasteiger partial charge on any atom is 0.124 e. The molecule has 2 heterocycles. The highest BCUT2D eigenvalue weighted by atomic mass is 35.5. The summed E-state index contributed by atoms with van der Waals surface area (Å²) in [6, 6.07) is 8.28. The van der Waals surface area contributed by atoms with E-state index in [9.17, 15) is 0 Å². The van der Waals surface area contributed by atoms with Crippen LogP contribution in [0.3, 0.4) is 0 Å². The van der Waals surface area contributed by atoms with E-state index in [1.165, 1.54) is 30.2 Å². The highest BCUT2D eigenvalue weighted by Crippen LogP contribution is 2.50. The molecular weight excluding hydrogens is 282 g/mol. The molecule has 1 aliphatic rings. The molecular formula is C17H18ClN3. The lowest BCUT2D eigenvalue weighted by molar-refractivity contribution is 0.410. The molecule has 1 saturated carbocycles. The van der Waals surface area contributed by atoms with Crippen molar-refractivity contribution in [3.8, 4) is 0 Å². The van der Waals surface area contributed by atoms with E-state index in [0.29, 0.717) is 11.3 Å². The molecule has 21 heavy (non-hydrogen) atoms. The summed E-state index contributed by atoms with van der Waals surface area (Å²) in [4.78, 5) is 9.21. The van der Waals surface area contributed by atoms with Gasteiger partial charge in [-0.05, 0) is 30.7 Å². The number of alkyl halides is 1. The molecule has 0 spiro atoms. The summed E-state index contributed by atoms with van der Waals surface area (Å²) in [5.41, 5.74) is 3.62. The predicted octanol–water partition coefficient (Wildman–Crippen LogP) is 4.51. The van der Waals surface area contributed by atoms with Gasteiger partial charge in [-0.1, -0.05) is 25.1 Å². The topological polar surface area (TPSA) is 30.7 Å². The van der Waals surface area contributed by atoms with Crippen LogP contribution < -0.4 is 0 Å². The van der Waals surface area contributed by atoms with Crippen LogP contribution in [0, 0.1) is 5.41 Å². The highest BCUT2D eigenvalue weighted by molar-refractivity contribution is 6.17. The predicted molar refractivity (Wildman–Crippen MR) is 86.5 cm³/mol. The first-order valence-electron chi connectivity index (χ1n) is 7.55. The number of aromatic nitrogens is 3. The van der Waals surface area contributed by atoms with E-state index in [4.69, 9.17) is 16.6 Å². The lowest BCUT2D eigenvalue weighted by Crippen LogP contribution is -2.13. The monoisotopic (exact) mass is 299 g/mol. The van der Waals surface area contributed by atoms with Crippen molar-refractivity contribution in [2.75, 3.05) is 0 Å². The summed E-state index contributed by atoms with van der Waals surface area (Å²) in [5.74, 6) is 1.41. The average molecular weight is 300 g/mol. The Bertz CT molecular complexity index is 817. The van der Waals surface area contributed by atoms with E-state index in [1.54, 1.807) is 0 Å². The number of rotatable bonds is 4. The van der Waals surface area contributed by atoms with Gasteiger partial charge in [0.05, 0.1) is 23.1 Å². The van der Waals surface area contributed by atoms with E-state index in [-0.39, 0.29) is 0 Å². The zero-order valence-corrected chi connectivity index (χ0v) is 12.9. The summed E-state index contributed by atoms with van der Waals surface area (Å²) in [5, 5.41) is 1.17. The van der Waals surface area contributed by atoms with Crippen molar-refractivity contribution in [1.82, 2.24) is 14.5 Å². The third-order valence-corrected chi connectivity index (χ3v) is 5.12. The fourth-order valence-electron chi connectivity index (χ4n) is 3.22. The highest BCUT2D eigenvalue weighted by Gasteiger charge is 2.41. The van der Waals surface area contributed by atoms with Gasteiger partial charge < -0.3 is 4.57 Å². The minimum absolute atomic E-state index is 0.447. The average Bonchev–Trinajstić information content (AvgIpc) is 3.22. The van der Waals surface area contributed by atoms with E-state index in [0.717, 1.165) is 23.4 Å². The molecule has 1 aliphatic carbocycles. The van der Waals surface area contributed by atoms with Gasteiger partial charge >= 0.3 is 0 Å². The Balaban J connectivity index is 1.99. The van der Waals surface area contributed by atoms with Crippen LogP contribution in [-0.2, 0) is 12.4 Å². The van der Waals surface area contributed by atoms with Gasteiger partial charge in [-0.2, -0.15) is 0 Å². The molecule has 0 atom stereocenters. The number of nitrogens with zero attached hydrogens (tertiary/aromatic N) is 3. The molecule has 2 aromatic heterocycles.